The minimum atomic E-state index is -0.325. The van der Waals surface area contributed by atoms with Crippen molar-refractivity contribution in [1.29, 1.82) is 0 Å². The minimum absolute atomic E-state index is 0.294. The summed E-state index contributed by atoms with van der Waals surface area (Å²) in [5.41, 5.74) is 7.33. The third kappa shape index (κ3) is 3.86. The van der Waals surface area contributed by atoms with Crippen molar-refractivity contribution < 1.29 is 4.39 Å². The molecular formula is C26H21FN8. The van der Waals surface area contributed by atoms with Gasteiger partial charge in [-0.1, -0.05) is 12.1 Å². The molecule has 3 N–H and O–H groups in total. The molecule has 35 heavy (non-hydrogen) atoms. The molecule has 0 spiro atoms. The molecule has 1 aromatic carbocycles. The van der Waals surface area contributed by atoms with Gasteiger partial charge in [-0.3, -0.25) is 15.1 Å². The first-order valence-electron chi connectivity index (χ1n) is 11.2. The lowest BCUT2D eigenvalue weighted by molar-refractivity contribution is 0.628. The number of rotatable bonds is 5. The smallest absolute Gasteiger partial charge is 0.161 e. The van der Waals surface area contributed by atoms with Crippen molar-refractivity contribution >= 4 is 27.8 Å². The van der Waals surface area contributed by atoms with E-state index in [0.29, 0.717) is 39.9 Å². The fourth-order valence-electron chi connectivity index (χ4n) is 4.11. The number of benzene rings is 1. The van der Waals surface area contributed by atoms with Crippen molar-refractivity contribution in [3.05, 3.63) is 72.9 Å². The van der Waals surface area contributed by atoms with Crippen LogP contribution in [0.3, 0.4) is 0 Å². The highest BCUT2D eigenvalue weighted by molar-refractivity contribution is 5.95. The number of fused-ring (bicyclic) bond motifs is 2. The van der Waals surface area contributed by atoms with Crippen LogP contribution in [0, 0.1) is 5.82 Å². The van der Waals surface area contributed by atoms with Crippen molar-refractivity contribution in [2.45, 2.75) is 19.9 Å². The van der Waals surface area contributed by atoms with E-state index in [0.717, 1.165) is 28.0 Å². The molecule has 0 atom stereocenters. The Morgan fingerprint density at radius 3 is 2.63 bits per heavy atom. The Hall–Kier alpha value is -4.66. The monoisotopic (exact) mass is 464 g/mol. The first-order valence-corrected chi connectivity index (χ1v) is 11.2. The van der Waals surface area contributed by atoms with E-state index < -0.39 is 0 Å². The average Bonchev–Trinajstić information content (AvgIpc) is 3.47. The molecule has 0 saturated carbocycles. The molecule has 172 valence electrons. The van der Waals surface area contributed by atoms with Gasteiger partial charge in [0.2, 0.25) is 0 Å². The lowest BCUT2D eigenvalue weighted by atomic mass is 10.1. The number of anilines is 1. The Morgan fingerprint density at radius 1 is 0.886 bits per heavy atom. The molecular weight excluding hydrogens is 443 g/mol. The number of H-pyrrole nitrogens is 2. The predicted octanol–water partition coefficient (Wildman–Crippen LogP) is 5.58. The second-order valence-corrected chi connectivity index (χ2v) is 8.58. The maximum absolute atomic E-state index is 13.8. The number of pyridine rings is 3. The Kier molecular flexibility index (Phi) is 4.95. The van der Waals surface area contributed by atoms with Gasteiger partial charge in [0.15, 0.2) is 11.5 Å². The summed E-state index contributed by atoms with van der Waals surface area (Å²) in [6.45, 7) is 4.16. The Morgan fingerprint density at radius 2 is 1.77 bits per heavy atom. The van der Waals surface area contributed by atoms with Gasteiger partial charge in [-0.2, -0.15) is 5.10 Å². The highest BCUT2D eigenvalue weighted by Gasteiger charge is 2.17. The van der Waals surface area contributed by atoms with E-state index in [1.54, 1.807) is 24.7 Å². The first-order chi connectivity index (χ1) is 17.0. The topological polar surface area (TPSA) is 108 Å². The van der Waals surface area contributed by atoms with Crippen molar-refractivity contribution in [2.24, 2.45) is 0 Å². The quantitative estimate of drug-likeness (QED) is 0.307. The van der Waals surface area contributed by atoms with Crippen LogP contribution in [0.25, 0.3) is 56.1 Å². The van der Waals surface area contributed by atoms with Crippen LogP contribution in [0.15, 0.2) is 67.1 Å². The molecule has 5 heterocycles. The second kappa shape index (κ2) is 8.28. The number of imidazole rings is 1. The first kappa shape index (κ1) is 20.9. The second-order valence-electron chi connectivity index (χ2n) is 8.58. The molecule has 0 bridgehead atoms. The summed E-state index contributed by atoms with van der Waals surface area (Å²) in [6.07, 6.45) is 5.26. The van der Waals surface area contributed by atoms with Crippen LogP contribution in [0.4, 0.5) is 10.1 Å². The van der Waals surface area contributed by atoms with Gasteiger partial charge in [-0.25, -0.2) is 14.4 Å². The van der Waals surface area contributed by atoms with Crippen LogP contribution < -0.4 is 5.32 Å². The van der Waals surface area contributed by atoms with Crippen molar-refractivity contribution in [3.63, 3.8) is 0 Å². The highest BCUT2D eigenvalue weighted by atomic mass is 19.1. The van der Waals surface area contributed by atoms with Crippen LogP contribution in [-0.2, 0) is 0 Å². The van der Waals surface area contributed by atoms with Crippen LogP contribution >= 0.6 is 0 Å². The third-order valence-corrected chi connectivity index (χ3v) is 5.62. The van der Waals surface area contributed by atoms with Crippen LogP contribution in [0.5, 0.6) is 0 Å². The van der Waals surface area contributed by atoms with Crippen LogP contribution in [-0.4, -0.2) is 41.2 Å². The van der Waals surface area contributed by atoms with E-state index in [1.165, 1.54) is 12.1 Å². The molecule has 6 aromatic rings. The molecule has 0 saturated heterocycles. The lowest BCUT2D eigenvalue weighted by Crippen LogP contribution is -2.09. The molecule has 0 amide bonds. The summed E-state index contributed by atoms with van der Waals surface area (Å²) < 4.78 is 13.8. The van der Waals surface area contributed by atoms with Gasteiger partial charge in [0.25, 0.3) is 0 Å². The maximum Gasteiger partial charge on any atom is 0.161 e. The van der Waals surface area contributed by atoms with Crippen LogP contribution in [0.2, 0.25) is 0 Å². The Labute approximate surface area is 199 Å². The number of hydrogen-bond donors (Lipinski definition) is 3. The molecule has 0 fully saturated rings. The van der Waals surface area contributed by atoms with Gasteiger partial charge >= 0.3 is 0 Å². The fraction of sp³-hybridized carbons (Fsp3) is 0.115. The summed E-state index contributed by atoms with van der Waals surface area (Å²) >= 11 is 0. The zero-order chi connectivity index (χ0) is 23.9. The van der Waals surface area contributed by atoms with Gasteiger partial charge in [0.05, 0.1) is 28.1 Å². The number of nitrogens with zero attached hydrogens (tertiary/aromatic N) is 5. The molecule has 0 aliphatic rings. The number of aromatic nitrogens is 7. The minimum Gasteiger partial charge on any atom is -0.382 e. The molecule has 0 radical (unpaired) electrons. The molecule has 0 aliphatic carbocycles. The molecule has 0 unspecified atom stereocenters. The number of hydrogen-bond acceptors (Lipinski definition) is 6. The molecule has 9 heteroatoms. The van der Waals surface area contributed by atoms with Gasteiger partial charge in [0.1, 0.15) is 16.9 Å². The van der Waals surface area contributed by atoms with Crippen molar-refractivity contribution in [1.82, 2.24) is 35.1 Å². The SMILES string of the molecule is CC(C)Nc1cncc(-c2ccc3[nH]nc(-c4nc5c(-c6cccc(F)c6)nccc5[nH]4)c3n2)c1. The van der Waals surface area contributed by atoms with E-state index in [-0.39, 0.29) is 5.82 Å². The fourth-order valence-corrected chi connectivity index (χ4v) is 4.11. The summed E-state index contributed by atoms with van der Waals surface area (Å²) in [6, 6.07) is 14.4. The lowest BCUT2D eigenvalue weighted by Gasteiger charge is -2.10. The molecule has 0 aliphatic heterocycles. The van der Waals surface area contributed by atoms with Crippen LogP contribution in [0.1, 0.15) is 13.8 Å². The van der Waals surface area contributed by atoms with E-state index in [1.807, 2.05) is 30.3 Å². The summed E-state index contributed by atoms with van der Waals surface area (Å²) in [5.74, 6) is 0.226. The largest absolute Gasteiger partial charge is 0.382 e. The Bertz CT molecular complexity index is 1680. The third-order valence-electron chi connectivity index (χ3n) is 5.62. The van der Waals surface area contributed by atoms with E-state index in [9.17, 15) is 4.39 Å². The van der Waals surface area contributed by atoms with Crippen molar-refractivity contribution in [2.75, 3.05) is 5.32 Å². The van der Waals surface area contributed by atoms with Crippen molar-refractivity contribution in [3.8, 4) is 34.0 Å². The van der Waals surface area contributed by atoms with Gasteiger partial charge in [-0.15, -0.1) is 0 Å². The Balaban J connectivity index is 1.45. The van der Waals surface area contributed by atoms with E-state index >= 15 is 0 Å². The number of halogens is 1. The van der Waals surface area contributed by atoms with Gasteiger partial charge in [0, 0.05) is 35.8 Å². The van der Waals surface area contributed by atoms with Gasteiger partial charge < -0.3 is 10.3 Å². The summed E-state index contributed by atoms with van der Waals surface area (Å²) in [7, 11) is 0. The number of aromatic amines is 2. The van der Waals surface area contributed by atoms with Gasteiger partial charge in [-0.05, 0) is 50.2 Å². The molecule has 8 nitrogen and oxygen atoms in total. The highest BCUT2D eigenvalue weighted by Crippen LogP contribution is 2.31. The normalized spacial score (nSPS) is 11.5. The van der Waals surface area contributed by atoms with E-state index in [4.69, 9.17) is 9.97 Å². The standard InChI is InChI=1S/C26H21FN8/c1-14(2)30-18-11-16(12-28-13-18)19-6-7-21-24(31-19)25(35-34-21)26-32-20-8-9-29-22(23(20)33-26)15-4-3-5-17(27)10-15/h3-14,30H,1-2H3,(H,32,33)(H,34,35). The zero-order valence-electron chi connectivity index (χ0n) is 19.0. The molecule has 5 aromatic heterocycles. The van der Waals surface area contributed by atoms with E-state index in [2.05, 4.69) is 44.3 Å². The predicted molar refractivity (Wildman–Crippen MR) is 134 cm³/mol. The summed E-state index contributed by atoms with van der Waals surface area (Å²) in [4.78, 5) is 21.8. The molecule has 6 rings (SSSR count). The zero-order valence-corrected chi connectivity index (χ0v) is 19.0. The maximum atomic E-state index is 13.8. The average molecular weight is 465 g/mol. The summed E-state index contributed by atoms with van der Waals surface area (Å²) in [5, 5.41) is 10.9. The number of nitrogens with one attached hydrogen (secondary N) is 3.